The standard InChI is InChI=1S/C26H30FN5O/c1-19-8-6-15-28-26(19)30-24-13-5-11-22(29-24)20-9-7-16-32(18-20)25(33)14-17-31(2)23-12-4-3-10-21(23)27/h3-6,8,10-13,15,20H,7,9,14,16-18H2,1-2H3,(H,28,29,30)/t20-/m0/s1. The van der Waals surface area contributed by atoms with Crippen molar-refractivity contribution in [2.75, 3.05) is 36.9 Å². The number of hydrogen-bond acceptors (Lipinski definition) is 5. The van der Waals surface area contributed by atoms with Gasteiger partial charge in [-0.25, -0.2) is 14.4 Å². The van der Waals surface area contributed by atoms with Crippen LogP contribution < -0.4 is 10.2 Å². The minimum absolute atomic E-state index is 0.0984. The van der Waals surface area contributed by atoms with Crippen LogP contribution in [0.3, 0.4) is 0 Å². The number of anilines is 3. The first-order valence-corrected chi connectivity index (χ1v) is 11.4. The summed E-state index contributed by atoms with van der Waals surface area (Å²) in [5.41, 5.74) is 2.55. The number of halogens is 1. The number of pyridine rings is 2. The van der Waals surface area contributed by atoms with Crippen molar-refractivity contribution in [3.63, 3.8) is 0 Å². The number of nitrogens with one attached hydrogen (secondary N) is 1. The maximum Gasteiger partial charge on any atom is 0.224 e. The Bertz CT molecular complexity index is 1110. The lowest BCUT2D eigenvalue weighted by molar-refractivity contribution is -0.132. The fraction of sp³-hybridized carbons (Fsp3) is 0.346. The van der Waals surface area contributed by atoms with Gasteiger partial charge in [-0.3, -0.25) is 4.79 Å². The molecule has 2 aromatic heterocycles. The molecule has 0 radical (unpaired) electrons. The number of likely N-dealkylation sites (tertiary alicyclic amines) is 1. The number of amides is 1. The Balaban J connectivity index is 1.36. The van der Waals surface area contributed by atoms with Crippen LogP contribution in [0.1, 0.15) is 36.4 Å². The number of carbonyl (C=O) groups is 1. The number of piperidine rings is 1. The van der Waals surface area contributed by atoms with Crippen molar-refractivity contribution in [1.82, 2.24) is 14.9 Å². The minimum atomic E-state index is -0.272. The Morgan fingerprint density at radius 3 is 2.85 bits per heavy atom. The summed E-state index contributed by atoms with van der Waals surface area (Å²) in [5, 5.41) is 3.30. The van der Waals surface area contributed by atoms with E-state index in [0.717, 1.165) is 42.3 Å². The average Bonchev–Trinajstić information content (AvgIpc) is 2.84. The third-order valence-corrected chi connectivity index (χ3v) is 6.14. The van der Waals surface area contributed by atoms with Crippen molar-refractivity contribution in [3.8, 4) is 0 Å². The van der Waals surface area contributed by atoms with Crippen molar-refractivity contribution < 1.29 is 9.18 Å². The number of rotatable bonds is 7. The van der Waals surface area contributed by atoms with Crippen LogP contribution in [-0.4, -0.2) is 47.5 Å². The molecule has 7 heteroatoms. The molecule has 0 saturated carbocycles. The van der Waals surface area contributed by atoms with E-state index in [1.165, 1.54) is 6.07 Å². The summed E-state index contributed by atoms with van der Waals surface area (Å²) in [6.45, 7) is 3.89. The number of aryl methyl sites for hydroxylation is 1. The van der Waals surface area contributed by atoms with E-state index >= 15 is 0 Å². The molecule has 0 bridgehead atoms. The lowest BCUT2D eigenvalue weighted by atomic mass is 9.94. The highest BCUT2D eigenvalue weighted by molar-refractivity contribution is 5.77. The van der Waals surface area contributed by atoms with Crippen LogP contribution in [0.2, 0.25) is 0 Å². The largest absolute Gasteiger partial charge is 0.372 e. The smallest absolute Gasteiger partial charge is 0.224 e. The summed E-state index contributed by atoms with van der Waals surface area (Å²) in [5.74, 6) is 1.57. The van der Waals surface area contributed by atoms with E-state index in [2.05, 4.69) is 10.3 Å². The number of nitrogens with zero attached hydrogens (tertiary/aromatic N) is 4. The Labute approximate surface area is 194 Å². The van der Waals surface area contributed by atoms with Gasteiger partial charge in [-0.05, 0) is 55.7 Å². The lowest BCUT2D eigenvalue weighted by Gasteiger charge is -2.33. The van der Waals surface area contributed by atoms with Gasteiger partial charge in [0, 0.05) is 50.9 Å². The molecular weight excluding hydrogens is 417 g/mol. The minimum Gasteiger partial charge on any atom is -0.372 e. The number of para-hydroxylation sites is 1. The first-order valence-electron chi connectivity index (χ1n) is 11.4. The predicted octanol–water partition coefficient (Wildman–Crippen LogP) is 4.90. The zero-order valence-corrected chi connectivity index (χ0v) is 19.2. The van der Waals surface area contributed by atoms with Crippen molar-refractivity contribution in [1.29, 1.82) is 0 Å². The molecule has 1 aromatic carbocycles. The van der Waals surface area contributed by atoms with Gasteiger partial charge in [0.25, 0.3) is 0 Å². The zero-order chi connectivity index (χ0) is 23.2. The summed E-state index contributed by atoms with van der Waals surface area (Å²) in [4.78, 5) is 25.8. The molecule has 1 saturated heterocycles. The summed E-state index contributed by atoms with van der Waals surface area (Å²) >= 11 is 0. The van der Waals surface area contributed by atoms with Crippen LogP contribution in [0.4, 0.5) is 21.7 Å². The molecule has 1 fully saturated rings. The van der Waals surface area contributed by atoms with Gasteiger partial charge in [-0.15, -0.1) is 0 Å². The highest BCUT2D eigenvalue weighted by Crippen LogP contribution is 2.28. The highest BCUT2D eigenvalue weighted by Gasteiger charge is 2.26. The van der Waals surface area contributed by atoms with Crippen LogP contribution >= 0.6 is 0 Å². The molecule has 6 nitrogen and oxygen atoms in total. The van der Waals surface area contributed by atoms with E-state index < -0.39 is 0 Å². The molecular formula is C26H30FN5O. The molecule has 1 amide bonds. The van der Waals surface area contributed by atoms with Gasteiger partial charge in [0.2, 0.25) is 5.91 Å². The molecule has 0 unspecified atom stereocenters. The van der Waals surface area contributed by atoms with E-state index in [9.17, 15) is 9.18 Å². The van der Waals surface area contributed by atoms with Crippen molar-refractivity contribution in [2.45, 2.75) is 32.1 Å². The molecule has 1 aliphatic heterocycles. The molecule has 4 rings (SSSR count). The molecule has 33 heavy (non-hydrogen) atoms. The van der Waals surface area contributed by atoms with Crippen LogP contribution in [0.25, 0.3) is 0 Å². The second-order valence-electron chi connectivity index (χ2n) is 8.54. The maximum atomic E-state index is 14.0. The van der Waals surface area contributed by atoms with Gasteiger partial charge in [-0.2, -0.15) is 0 Å². The van der Waals surface area contributed by atoms with Crippen LogP contribution in [0.15, 0.2) is 60.8 Å². The van der Waals surface area contributed by atoms with E-state index in [1.54, 1.807) is 29.3 Å². The molecule has 0 aliphatic carbocycles. The topological polar surface area (TPSA) is 61.4 Å². The van der Waals surface area contributed by atoms with E-state index in [0.29, 0.717) is 25.2 Å². The quantitative estimate of drug-likeness (QED) is 0.558. The van der Waals surface area contributed by atoms with Crippen LogP contribution in [0.5, 0.6) is 0 Å². The van der Waals surface area contributed by atoms with E-state index in [1.807, 2.05) is 49.2 Å². The first kappa shape index (κ1) is 22.7. The first-order chi connectivity index (χ1) is 16.0. The van der Waals surface area contributed by atoms with Gasteiger partial charge in [0.15, 0.2) is 0 Å². The summed E-state index contributed by atoms with van der Waals surface area (Å²) in [6.07, 6.45) is 4.05. The van der Waals surface area contributed by atoms with Gasteiger partial charge in [0.05, 0.1) is 5.69 Å². The van der Waals surface area contributed by atoms with Crippen molar-refractivity contribution in [2.24, 2.45) is 0 Å². The van der Waals surface area contributed by atoms with Gasteiger partial charge in [0.1, 0.15) is 17.5 Å². The second-order valence-corrected chi connectivity index (χ2v) is 8.54. The van der Waals surface area contributed by atoms with Crippen LogP contribution in [-0.2, 0) is 4.79 Å². The summed E-state index contributed by atoms with van der Waals surface area (Å²) in [7, 11) is 1.82. The number of benzene rings is 1. The van der Waals surface area contributed by atoms with Crippen LogP contribution in [0, 0.1) is 12.7 Å². The Hall–Kier alpha value is -3.48. The normalized spacial score (nSPS) is 15.8. The van der Waals surface area contributed by atoms with E-state index in [4.69, 9.17) is 4.98 Å². The Morgan fingerprint density at radius 1 is 1.18 bits per heavy atom. The van der Waals surface area contributed by atoms with Crippen molar-refractivity contribution >= 4 is 23.2 Å². The molecule has 3 heterocycles. The van der Waals surface area contributed by atoms with Gasteiger partial charge < -0.3 is 15.1 Å². The average molecular weight is 448 g/mol. The third-order valence-electron chi connectivity index (χ3n) is 6.14. The van der Waals surface area contributed by atoms with Gasteiger partial charge in [-0.1, -0.05) is 24.3 Å². The molecule has 0 spiro atoms. The molecule has 1 aliphatic rings. The Morgan fingerprint density at radius 2 is 2.03 bits per heavy atom. The fourth-order valence-electron chi connectivity index (χ4n) is 4.23. The third kappa shape index (κ3) is 5.66. The molecule has 1 N–H and O–H groups in total. The Kier molecular flexibility index (Phi) is 7.17. The number of hydrogen-bond donors (Lipinski definition) is 1. The molecule has 3 aromatic rings. The monoisotopic (exact) mass is 447 g/mol. The second kappa shape index (κ2) is 10.4. The lowest BCUT2D eigenvalue weighted by Crippen LogP contribution is -2.40. The predicted molar refractivity (Wildman–Crippen MR) is 129 cm³/mol. The SMILES string of the molecule is Cc1cccnc1Nc1cccc([C@H]2CCCN(C(=O)CCN(C)c3ccccc3F)C2)n1. The molecule has 1 atom stereocenters. The van der Waals surface area contributed by atoms with E-state index in [-0.39, 0.29) is 17.6 Å². The summed E-state index contributed by atoms with van der Waals surface area (Å²) < 4.78 is 14.0. The number of aromatic nitrogens is 2. The van der Waals surface area contributed by atoms with Gasteiger partial charge >= 0.3 is 0 Å². The number of carbonyl (C=O) groups excluding carboxylic acids is 1. The highest BCUT2D eigenvalue weighted by atomic mass is 19.1. The molecule has 172 valence electrons. The fourth-order valence-corrected chi connectivity index (χ4v) is 4.23. The summed E-state index contributed by atoms with van der Waals surface area (Å²) in [6, 6.07) is 16.5. The maximum absolute atomic E-state index is 14.0. The van der Waals surface area contributed by atoms with Crippen molar-refractivity contribution in [3.05, 3.63) is 77.9 Å². The zero-order valence-electron chi connectivity index (χ0n) is 19.2.